The molecule has 0 aromatic heterocycles. The second-order valence-electron chi connectivity index (χ2n) is 6.70. The van der Waals surface area contributed by atoms with E-state index in [9.17, 15) is 4.79 Å². The lowest BCUT2D eigenvalue weighted by molar-refractivity contribution is -0.123. The maximum atomic E-state index is 12.1. The monoisotopic (exact) mass is 268 g/mol. The molecule has 2 N–H and O–H groups in total. The van der Waals surface area contributed by atoms with E-state index in [2.05, 4.69) is 24.5 Å². The minimum Gasteiger partial charge on any atom is -0.376 e. The molecule has 1 saturated carbocycles. The van der Waals surface area contributed by atoms with E-state index in [0.717, 1.165) is 19.4 Å². The Morgan fingerprint density at radius 2 is 2.16 bits per heavy atom. The van der Waals surface area contributed by atoms with Gasteiger partial charge in [0.05, 0.1) is 12.1 Å². The van der Waals surface area contributed by atoms with Gasteiger partial charge in [-0.3, -0.25) is 4.79 Å². The van der Waals surface area contributed by atoms with Crippen LogP contribution in [0.5, 0.6) is 0 Å². The summed E-state index contributed by atoms with van der Waals surface area (Å²) in [5.41, 5.74) is 0.309. The van der Waals surface area contributed by atoms with Crippen LogP contribution < -0.4 is 10.6 Å². The van der Waals surface area contributed by atoms with Gasteiger partial charge in [-0.25, -0.2) is 0 Å². The van der Waals surface area contributed by atoms with Crippen molar-refractivity contribution >= 4 is 5.91 Å². The Bertz CT molecular complexity index is 311. The van der Waals surface area contributed by atoms with Crippen molar-refractivity contribution in [2.45, 2.75) is 71.1 Å². The van der Waals surface area contributed by atoms with E-state index in [-0.39, 0.29) is 18.1 Å². The zero-order valence-corrected chi connectivity index (χ0v) is 12.5. The molecule has 1 saturated heterocycles. The van der Waals surface area contributed by atoms with Crippen molar-refractivity contribution in [2.24, 2.45) is 5.41 Å². The van der Waals surface area contributed by atoms with E-state index in [4.69, 9.17) is 4.74 Å². The maximum absolute atomic E-state index is 12.1. The van der Waals surface area contributed by atoms with E-state index in [1.807, 2.05) is 6.92 Å². The average molecular weight is 268 g/mol. The number of ether oxygens (including phenoxy) is 1. The molecule has 2 aliphatic rings. The van der Waals surface area contributed by atoms with Gasteiger partial charge >= 0.3 is 0 Å². The first-order valence-corrected chi connectivity index (χ1v) is 7.64. The van der Waals surface area contributed by atoms with Crippen molar-refractivity contribution < 1.29 is 9.53 Å². The van der Waals surface area contributed by atoms with E-state index >= 15 is 0 Å². The van der Waals surface area contributed by atoms with E-state index < -0.39 is 0 Å². The Labute approximate surface area is 116 Å². The molecular formula is C15H28N2O2. The van der Waals surface area contributed by atoms with Gasteiger partial charge in [0.1, 0.15) is 0 Å². The average Bonchev–Trinajstić information content (AvgIpc) is 2.97. The molecule has 4 heteroatoms. The number of nitrogens with one attached hydrogen (secondary N) is 2. The number of amides is 1. The van der Waals surface area contributed by atoms with Gasteiger partial charge in [0.2, 0.25) is 5.91 Å². The molecule has 0 spiro atoms. The van der Waals surface area contributed by atoms with Crippen LogP contribution in [0.15, 0.2) is 0 Å². The summed E-state index contributed by atoms with van der Waals surface area (Å²) in [5.74, 6) is 0.0956. The summed E-state index contributed by atoms with van der Waals surface area (Å²) in [7, 11) is 0. The topological polar surface area (TPSA) is 50.4 Å². The molecule has 3 atom stereocenters. The van der Waals surface area contributed by atoms with Crippen LogP contribution in [0.4, 0.5) is 0 Å². The Balaban J connectivity index is 1.72. The molecule has 4 nitrogen and oxygen atoms in total. The molecule has 1 amide bonds. The highest BCUT2D eigenvalue weighted by molar-refractivity contribution is 5.81. The first-order chi connectivity index (χ1) is 8.99. The smallest absolute Gasteiger partial charge is 0.236 e. The summed E-state index contributed by atoms with van der Waals surface area (Å²) < 4.78 is 5.51. The van der Waals surface area contributed by atoms with Crippen molar-refractivity contribution in [3.05, 3.63) is 0 Å². The highest BCUT2D eigenvalue weighted by Crippen LogP contribution is 2.37. The normalized spacial score (nSPS) is 31.3. The molecule has 0 aromatic carbocycles. The Hall–Kier alpha value is -0.610. The number of carbonyl (C=O) groups excluding carboxylic acids is 1. The van der Waals surface area contributed by atoms with Crippen LogP contribution in [0.1, 0.15) is 52.9 Å². The highest BCUT2D eigenvalue weighted by Gasteiger charge is 2.35. The van der Waals surface area contributed by atoms with Crippen molar-refractivity contribution in [1.29, 1.82) is 0 Å². The molecule has 0 aromatic rings. The van der Waals surface area contributed by atoms with Crippen LogP contribution in [-0.2, 0) is 9.53 Å². The van der Waals surface area contributed by atoms with Gasteiger partial charge in [0.25, 0.3) is 0 Å². The standard InChI is InChI=1S/C15H28N2O2/c1-11(17-13-7-4-8-15(13,2)3)14(18)16-10-12-6-5-9-19-12/h11-13,17H,4-10H2,1-3H3,(H,16,18)/t11-,12+,13+/m0/s1. The zero-order valence-electron chi connectivity index (χ0n) is 12.5. The van der Waals surface area contributed by atoms with Crippen LogP contribution in [-0.4, -0.2) is 37.2 Å². The van der Waals surface area contributed by atoms with Crippen LogP contribution in [0, 0.1) is 5.41 Å². The Kier molecular flexibility index (Phi) is 4.85. The third-order valence-electron chi connectivity index (χ3n) is 4.63. The van der Waals surface area contributed by atoms with E-state index in [0.29, 0.717) is 18.0 Å². The molecule has 1 aliphatic heterocycles. The van der Waals surface area contributed by atoms with Crippen LogP contribution >= 0.6 is 0 Å². The molecule has 1 heterocycles. The lowest BCUT2D eigenvalue weighted by Crippen LogP contribution is -2.50. The Morgan fingerprint density at radius 3 is 2.74 bits per heavy atom. The number of rotatable bonds is 5. The molecule has 2 rings (SSSR count). The van der Waals surface area contributed by atoms with Gasteiger partial charge < -0.3 is 15.4 Å². The largest absolute Gasteiger partial charge is 0.376 e. The molecule has 2 fully saturated rings. The van der Waals surface area contributed by atoms with Gasteiger partial charge in [-0.05, 0) is 38.0 Å². The molecule has 0 bridgehead atoms. The molecule has 19 heavy (non-hydrogen) atoms. The predicted octanol–water partition coefficient (Wildman–Crippen LogP) is 1.84. The van der Waals surface area contributed by atoms with Gasteiger partial charge in [-0.15, -0.1) is 0 Å². The quantitative estimate of drug-likeness (QED) is 0.800. The lowest BCUT2D eigenvalue weighted by atomic mass is 9.87. The molecule has 110 valence electrons. The first-order valence-electron chi connectivity index (χ1n) is 7.64. The summed E-state index contributed by atoms with van der Waals surface area (Å²) in [5, 5.41) is 6.49. The summed E-state index contributed by atoms with van der Waals surface area (Å²) in [6.45, 7) is 8.02. The SMILES string of the molecule is C[C@H](N[C@@H]1CCCC1(C)C)C(=O)NC[C@H]1CCCO1. The second kappa shape index (κ2) is 6.23. The summed E-state index contributed by atoms with van der Waals surface area (Å²) in [6.07, 6.45) is 6.08. The maximum Gasteiger partial charge on any atom is 0.236 e. The summed E-state index contributed by atoms with van der Waals surface area (Å²) in [4.78, 5) is 12.1. The first kappa shape index (κ1) is 14.8. The van der Waals surface area contributed by atoms with E-state index in [1.165, 1.54) is 19.3 Å². The number of carbonyl (C=O) groups is 1. The second-order valence-corrected chi connectivity index (χ2v) is 6.70. The minimum atomic E-state index is -0.122. The van der Waals surface area contributed by atoms with Gasteiger partial charge in [0.15, 0.2) is 0 Å². The Morgan fingerprint density at radius 1 is 1.37 bits per heavy atom. The fourth-order valence-corrected chi connectivity index (χ4v) is 3.19. The zero-order chi connectivity index (χ0) is 13.9. The fraction of sp³-hybridized carbons (Fsp3) is 0.933. The molecule has 1 aliphatic carbocycles. The lowest BCUT2D eigenvalue weighted by Gasteiger charge is -2.30. The molecule has 0 unspecified atom stereocenters. The minimum absolute atomic E-state index is 0.0956. The summed E-state index contributed by atoms with van der Waals surface area (Å²) >= 11 is 0. The van der Waals surface area contributed by atoms with Crippen LogP contribution in [0.3, 0.4) is 0 Å². The van der Waals surface area contributed by atoms with Crippen molar-refractivity contribution in [1.82, 2.24) is 10.6 Å². The summed E-state index contributed by atoms with van der Waals surface area (Å²) in [6, 6.07) is 0.333. The molecule has 0 radical (unpaired) electrons. The third-order valence-corrected chi connectivity index (χ3v) is 4.63. The number of hydrogen-bond donors (Lipinski definition) is 2. The molecular weight excluding hydrogens is 240 g/mol. The van der Waals surface area contributed by atoms with Gasteiger partial charge in [0, 0.05) is 19.2 Å². The fourth-order valence-electron chi connectivity index (χ4n) is 3.19. The van der Waals surface area contributed by atoms with Gasteiger partial charge in [-0.2, -0.15) is 0 Å². The van der Waals surface area contributed by atoms with Crippen molar-refractivity contribution in [3.63, 3.8) is 0 Å². The van der Waals surface area contributed by atoms with Crippen LogP contribution in [0.2, 0.25) is 0 Å². The third kappa shape index (κ3) is 3.93. The number of hydrogen-bond acceptors (Lipinski definition) is 3. The van der Waals surface area contributed by atoms with Crippen molar-refractivity contribution in [3.8, 4) is 0 Å². The van der Waals surface area contributed by atoms with Crippen molar-refractivity contribution in [2.75, 3.05) is 13.2 Å². The van der Waals surface area contributed by atoms with Gasteiger partial charge in [-0.1, -0.05) is 20.3 Å². The van der Waals surface area contributed by atoms with E-state index in [1.54, 1.807) is 0 Å². The van der Waals surface area contributed by atoms with Crippen LogP contribution in [0.25, 0.3) is 0 Å². The highest BCUT2D eigenvalue weighted by atomic mass is 16.5. The predicted molar refractivity (Wildman–Crippen MR) is 76.0 cm³/mol.